The quantitative estimate of drug-likeness (QED) is 0.494. The summed E-state index contributed by atoms with van der Waals surface area (Å²) in [7, 11) is -3.25. The standard InChI is InChI=1S/C21H30FN3O4S/c1-15(17-7-8-18(22)19(11-17)29-13-16-5-6-16)14-30(27,28)10-4-2-3-9-25-12-20(23)24-21(25)26/h7-8,11-12,15-16H,2-6,9-10,13-14,23H2,1H3,(H,24,26)/t15-/m0/s1. The minimum absolute atomic E-state index is 0.00843. The van der Waals surface area contributed by atoms with E-state index in [4.69, 9.17) is 10.5 Å². The lowest BCUT2D eigenvalue weighted by atomic mass is 10.0. The van der Waals surface area contributed by atoms with Gasteiger partial charge in [-0.05, 0) is 55.2 Å². The number of hydrogen-bond acceptors (Lipinski definition) is 5. The van der Waals surface area contributed by atoms with Crippen LogP contribution in [0.15, 0.2) is 29.2 Å². The summed E-state index contributed by atoms with van der Waals surface area (Å²) >= 11 is 0. The van der Waals surface area contributed by atoms with Gasteiger partial charge in [0.15, 0.2) is 21.4 Å². The molecule has 30 heavy (non-hydrogen) atoms. The van der Waals surface area contributed by atoms with Crippen molar-refractivity contribution in [3.63, 3.8) is 0 Å². The van der Waals surface area contributed by atoms with Gasteiger partial charge < -0.3 is 10.5 Å². The monoisotopic (exact) mass is 439 g/mol. The second-order valence-electron chi connectivity index (χ2n) is 8.23. The molecule has 1 aromatic heterocycles. The highest BCUT2D eigenvalue weighted by Gasteiger charge is 2.23. The molecule has 0 bridgehead atoms. The van der Waals surface area contributed by atoms with Crippen molar-refractivity contribution in [2.45, 2.75) is 51.5 Å². The number of H-pyrrole nitrogens is 1. The third kappa shape index (κ3) is 6.62. The summed E-state index contributed by atoms with van der Waals surface area (Å²) in [6.45, 7) is 2.84. The van der Waals surface area contributed by atoms with Gasteiger partial charge >= 0.3 is 5.69 Å². The maximum absolute atomic E-state index is 14.0. The van der Waals surface area contributed by atoms with E-state index in [1.54, 1.807) is 18.3 Å². The summed E-state index contributed by atoms with van der Waals surface area (Å²) < 4.78 is 46.0. The number of halogens is 1. The zero-order chi connectivity index (χ0) is 21.7. The van der Waals surface area contributed by atoms with Crippen LogP contribution in [-0.2, 0) is 16.4 Å². The van der Waals surface area contributed by atoms with Gasteiger partial charge in [-0.25, -0.2) is 17.6 Å². The zero-order valence-corrected chi connectivity index (χ0v) is 18.1. The molecule has 1 aliphatic rings. The van der Waals surface area contributed by atoms with Crippen molar-refractivity contribution >= 4 is 15.7 Å². The summed E-state index contributed by atoms with van der Waals surface area (Å²) in [6, 6.07) is 4.59. The van der Waals surface area contributed by atoms with Crippen LogP contribution in [-0.4, -0.2) is 36.1 Å². The molecule has 1 atom stereocenters. The first-order valence-electron chi connectivity index (χ1n) is 10.4. The topological polar surface area (TPSA) is 107 Å². The number of sulfone groups is 1. The summed E-state index contributed by atoms with van der Waals surface area (Å²) in [6.07, 6.45) is 5.70. The number of nitrogen functional groups attached to an aromatic ring is 1. The van der Waals surface area contributed by atoms with E-state index in [9.17, 15) is 17.6 Å². The lowest BCUT2D eigenvalue weighted by molar-refractivity contribution is 0.285. The number of aromatic nitrogens is 2. The van der Waals surface area contributed by atoms with E-state index in [1.807, 2.05) is 6.92 Å². The van der Waals surface area contributed by atoms with Crippen LogP contribution < -0.4 is 16.2 Å². The van der Waals surface area contributed by atoms with E-state index in [2.05, 4.69) is 4.98 Å². The van der Waals surface area contributed by atoms with Crippen LogP contribution in [0.2, 0.25) is 0 Å². The van der Waals surface area contributed by atoms with E-state index >= 15 is 0 Å². The summed E-state index contributed by atoms with van der Waals surface area (Å²) in [4.78, 5) is 14.0. The Kier molecular flexibility index (Phi) is 7.23. The first-order chi connectivity index (χ1) is 14.2. The highest BCUT2D eigenvalue weighted by atomic mass is 32.2. The fourth-order valence-corrected chi connectivity index (χ4v) is 5.16. The molecule has 1 heterocycles. The van der Waals surface area contributed by atoms with Crippen LogP contribution >= 0.6 is 0 Å². The largest absolute Gasteiger partial charge is 0.490 e. The van der Waals surface area contributed by atoms with Gasteiger partial charge in [0.05, 0.1) is 18.1 Å². The smallest absolute Gasteiger partial charge is 0.327 e. The van der Waals surface area contributed by atoms with Crippen molar-refractivity contribution in [3.8, 4) is 5.75 Å². The van der Waals surface area contributed by atoms with Gasteiger partial charge in [0.25, 0.3) is 0 Å². The van der Waals surface area contributed by atoms with Crippen LogP contribution in [0, 0.1) is 11.7 Å². The summed E-state index contributed by atoms with van der Waals surface area (Å²) in [5.74, 6) is 0.460. The number of aryl methyl sites for hydroxylation is 1. The molecule has 0 amide bonds. The number of unbranched alkanes of at least 4 members (excludes halogenated alkanes) is 2. The van der Waals surface area contributed by atoms with E-state index in [0.29, 0.717) is 44.1 Å². The SMILES string of the molecule is C[C@@H](CS(=O)(=O)CCCCCn1cc(N)[nH]c1=O)c1ccc(F)c(OCC2CC2)c1. The minimum Gasteiger partial charge on any atom is -0.490 e. The molecule has 1 aromatic carbocycles. The molecular weight excluding hydrogens is 409 g/mol. The Balaban J connectivity index is 1.45. The number of rotatable bonds is 12. The fourth-order valence-electron chi connectivity index (χ4n) is 3.39. The Morgan fingerprint density at radius 2 is 2.07 bits per heavy atom. The van der Waals surface area contributed by atoms with Gasteiger partial charge in [-0.3, -0.25) is 9.55 Å². The molecule has 1 fully saturated rings. The number of anilines is 1. The number of hydrogen-bond donors (Lipinski definition) is 2. The first kappa shape index (κ1) is 22.4. The number of benzene rings is 1. The summed E-state index contributed by atoms with van der Waals surface area (Å²) in [5.41, 5.74) is 6.03. The Labute approximate surface area is 176 Å². The van der Waals surface area contributed by atoms with Gasteiger partial charge in [-0.15, -0.1) is 0 Å². The lowest BCUT2D eigenvalue weighted by Gasteiger charge is -2.15. The predicted molar refractivity (Wildman–Crippen MR) is 115 cm³/mol. The Morgan fingerprint density at radius 3 is 2.73 bits per heavy atom. The van der Waals surface area contributed by atoms with Crippen molar-refractivity contribution in [1.29, 1.82) is 0 Å². The van der Waals surface area contributed by atoms with Crippen LogP contribution in [0.4, 0.5) is 10.2 Å². The third-order valence-electron chi connectivity index (χ3n) is 5.36. The minimum atomic E-state index is -3.25. The maximum atomic E-state index is 14.0. The number of nitrogens with one attached hydrogen (secondary N) is 1. The van der Waals surface area contributed by atoms with Gasteiger partial charge in [-0.2, -0.15) is 0 Å². The molecule has 0 radical (unpaired) electrons. The fraction of sp³-hybridized carbons (Fsp3) is 0.571. The molecule has 9 heteroatoms. The number of nitrogens with two attached hydrogens (primary N) is 1. The van der Waals surface area contributed by atoms with Crippen molar-refractivity contribution in [1.82, 2.24) is 9.55 Å². The van der Waals surface area contributed by atoms with Crippen LogP contribution in [0.1, 0.15) is 50.5 Å². The molecule has 0 unspecified atom stereocenters. The Morgan fingerprint density at radius 1 is 1.30 bits per heavy atom. The summed E-state index contributed by atoms with van der Waals surface area (Å²) in [5, 5.41) is 0. The van der Waals surface area contributed by atoms with E-state index < -0.39 is 15.7 Å². The van der Waals surface area contributed by atoms with Crippen molar-refractivity contribution in [3.05, 3.63) is 46.3 Å². The van der Waals surface area contributed by atoms with E-state index in [0.717, 1.165) is 18.4 Å². The highest BCUT2D eigenvalue weighted by molar-refractivity contribution is 7.91. The molecule has 166 valence electrons. The molecule has 2 aromatic rings. The van der Waals surface area contributed by atoms with Crippen LogP contribution in [0.5, 0.6) is 5.75 Å². The van der Waals surface area contributed by atoms with Gasteiger partial charge in [0.2, 0.25) is 0 Å². The molecule has 0 aliphatic heterocycles. The van der Waals surface area contributed by atoms with Gasteiger partial charge in [0, 0.05) is 12.7 Å². The second-order valence-corrected chi connectivity index (χ2v) is 10.5. The van der Waals surface area contributed by atoms with Crippen LogP contribution in [0.25, 0.3) is 0 Å². The molecule has 1 aliphatic carbocycles. The zero-order valence-electron chi connectivity index (χ0n) is 17.3. The van der Waals surface area contributed by atoms with E-state index in [1.165, 1.54) is 10.6 Å². The molecule has 0 saturated heterocycles. The Hall–Kier alpha value is -2.29. The van der Waals surface area contributed by atoms with Gasteiger partial charge in [-0.1, -0.05) is 19.4 Å². The predicted octanol–water partition coefficient (Wildman–Crippen LogP) is 3.08. The molecular formula is C21H30FN3O4S. The van der Waals surface area contributed by atoms with Crippen LogP contribution in [0.3, 0.4) is 0 Å². The average Bonchev–Trinajstić information content (AvgIpc) is 3.44. The lowest BCUT2D eigenvalue weighted by Crippen LogP contribution is -2.17. The van der Waals surface area contributed by atoms with E-state index in [-0.39, 0.29) is 28.9 Å². The molecule has 3 rings (SSSR count). The second kappa shape index (κ2) is 9.68. The molecule has 7 nitrogen and oxygen atoms in total. The number of nitrogens with zero attached hydrogens (tertiary/aromatic N) is 1. The molecule has 1 saturated carbocycles. The third-order valence-corrected chi connectivity index (χ3v) is 7.28. The number of aromatic amines is 1. The highest BCUT2D eigenvalue weighted by Crippen LogP contribution is 2.31. The molecule has 0 spiro atoms. The normalized spacial score (nSPS) is 15.3. The maximum Gasteiger partial charge on any atom is 0.327 e. The first-order valence-corrected chi connectivity index (χ1v) is 12.2. The number of ether oxygens (including phenoxy) is 1. The van der Waals surface area contributed by atoms with Crippen molar-refractivity contribution < 1.29 is 17.5 Å². The average molecular weight is 440 g/mol. The van der Waals surface area contributed by atoms with Crippen molar-refractivity contribution in [2.24, 2.45) is 5.92 Å². The Bertz CT molecular complexity index is 1010. The molecule has 3 N–H and O–H groups in total. The van der Waals surface area contributed by atoms with Crippen molar-refractivity contribution in [2.75, 3.05) is 23.8 Å². The van der Waals surface area contributed by atoms with Gasteiger partial charge in [0.1, 0.15) is 5.82 Å². The number of imidazole rings is 1.